The highest BCUT2D eigenvalue weighted by molar-refractivity contribution is 5.82. The van der Waals surface area contributed by atoms with E-state index in [1.807, 2.05) is 0 Å². The van der Waals surface area contributed by atoms with Crippen molar-refractivity contribution in [1.29, 1.82) is 0 Å². The molecular weight excluding hydrogens is 164 g/mol. The van der Waals surface area contributed by atoms with Gasteiger partial charge in [0.25, 0.3) is 0 Å². The maximum absolute atomic E-state index is 11.4. The first-order valence-electron chi connectivity index (χ1n) is 5.44. The van der Waals surface area contributed by atoms with Gasteiger partial charge in [0, 0.05) is 12.3 Å². The first-order chi connectivity index (χ1) is 6.25. The highest BCUT2D eigenvalue weighted by Gasteiger charge is 2.30. The van der Waals surface area contributed by atoms with E-state index in [1.165, 1.54) is 6.42 Å². The SMILES string of the molecule is CC1CCC(CC2CCCC2=O)O1. The van der Waals surface area contributed by atoms with E-state index in [1.54, 1.807) is 0 Å². The molecule has 0 spiro atoms. The lowest BCUT2D eigenvalue weighted by atomic mass is 9.98. The highest BCUT2D eigenvalue weighted by atomic mass is 16.5. The van der Waals surface area contributed by atoms with Gasteiger partial charge in [0.1, 0.15) is 5.78 Å². The molecule has 74 valence electrons. The largest absolute Gasteiger partial charge is 0.375 e. The summed E-state index contributed by atoms with van der Waals surface area (Å²) in [5.74, 6) is 0.804. The predicted molar refractivity (Wildman–Crippen MR) is 50.5 cm³/mol. The smallest absolute Gasteiger partial charge is 0.136 e. The van der Waals surface area contributed by atoms with Crippen molar-refractivity contribution in [3.8, 4) is 0 Å². The summed E-state index contributed by atoms with van der Waals surface area (Å²) in [6, 6.07) is 0. The first kappa shape index (κ1) is 9.20. The van der Waals surface area contributed by atoms with Gasteiger partial charge in [0.15, 0.2) is 0 Å². The van der Waals surface area contributed by atoms with Crippen molar-refractivity contribution in [3.63, 3.8) is 0 Å². The van der Waals surface area contributed by atoms with E-state index in [0.29, 0.717) is 23.9 Å². The topological polar surface area (TPSA) is 26.3 Å². The molecule has 0 aromatic carbocycles. The number of rotatable bonds is 2. The van der Waals surface area contributed by atoms with Crippen LogP contribution in [0.4, 0.5) is 0 Å². The lowest BCUT2D eigenvalue weighted by Crippen LogP contribution is -2.16. The van der Waals surface area contributed by atoms with Gasteiger partial charge in [-0.1, -0.05) is 0 Å². The Bertz CT molecular complexity index is 200. The monoisotopic (exact) mass is 182 g/mol. The van der Waals surface area contributed by atoms with Crippen molar-refractivity contribution < 1.29 is 9.53 Å². The third-order valence-corrected chi connectivity index (χ3v) is 3.30. The van der Waals surface area contributed by atoms with Crippen LogP contribution in [0.2, 0.25) is 0 Å². The maximum Gasteiger partial charge on any atom is 0.136 e. The Labute approximate surface area is 79.7 Å². The van der Waals surface area contributed by atoms with Crippen molar-refractivity contribution in [3.05, 3.63) is 0 Å². The van der Waals surface area contributed by atoms with Gasteiger partial charge in [-0.3, -0.25) is 4.79 Å². The summed E-state index contributed by atoms with van der Waals surface area (Å²) in [6.45, 7) is 2.12. The van der Waals surface area contributed by atoms with E-state index in [0.717, 1.165) is 32.1 Å². The molecule has 1 heterocycles. The Hall–Kier alpha value is -0.370. The van der Waals surface area contributed by atoms with Crippen LogP contribution in [-0.2, 0) is 9.53 Å². The summed E-state index contributed by atoms with van der Waals surface area (Å²) in [5, 5.41) is 0. The average Bonchev–Trinajstić information content (AvgIpc) is 2.64. The molecule has 3 unspecified atom stereocenters. The molecule has 1 aliphatic heterocycles. The molecule has 0 aromatic rings. The Morgan fingerprint density at radius 1 is 1.38 bits per heavy atom. The van der Waals surface area contributed by atoms with Crippen LogP contribution in [-0.4, -0.2) is 18.0 Å². The van der Waals surface area contributed by atoms with E-state index in [2.05, 4.69) is 6.92 Å². The molecule has 1 aliphatic carbocycles. The lowest BCUT2D eigenvalue weighted by molar-refractivity contribution is -0.121. The average molecular weight is 182 g/mol. The van der Waals surface area contributed by atoms with Gasteiger partial charge in [-0.2, -0.15) is 0 Å². The summed E-state index contributed by atoms with van der Waals surface area (Å²) in [5.41, 5.74) is 0. The van der Waals surface area contributed by atoms with E-state index in [9.17, 15) is 4.79 Å². The van der Waals surface area contributed by atoms with Crippen LogP contribution in [0.1, 0.15) is 45.4 Å². The van der Waals surface area contributed by atoms with Crippen LogP contribution in [0.3, 0.4) is 0 Å². The Morgan fingerprint density at radius 3 is 2.77 bits per heavy atom. The minimum atomic E-state index is 0.329. The molecule has 1 saturated heterocycles. The molecule has 2 heteroatoms. The zero-order chi connectivity index (χ0) is 9.26. The molecule has 2 aliphatic rings. The van der Waals surface area contributed by atoms with Gasteiger partial charge >= 0.3 is 0 Å². The molecule has 13 heavy (non-hydrogen) atoms. The molecule has 0 N–H and O–H groups in total. The van der Waals surface area contributed by atoms with Crippen molar-refractivity contribution in [2.75, 3.05) is 0 Å². The molecule has 0 bridgehead atoms. The van der Waals surface area contributed by atoms with Crippen molar-refractivity contribution in [1.82, 2.24) is 0 Å². The normalized spacial score (nSPS) is 40.1. The lowest BCUT2D eigenvalue weighted by Gasteiger charge is -2.14. The van der Waals surface area contributed by atoms with E-state index in [4.69, 9.17) is 4.74 Å². The molecule has 2 fully saturated rings. The van der Waals surface area contributed by atoms with Crippen LogP contribution >= 0.6 is 0 Å². The van der Waals surface area contributed by atoms with Gasteiger partial charge in [0.05, 0.1) is 12.2 Å². The minimum absolute atomic E-state index is 0.329. The Morgan fingerprint density at radius 2 is 2.23 bits per heavy atom. The molecule has 3 atom stereocenters. The standard InChI is InChI=1S/C11H18O2/c1-8-5-6-10(13-8)7-9-3-2-4-11(9)12/h8-10H,2-7H2,1H3. The summed E-state index contributed by atoms with van der Waals surface area (Å²) in [7, 11) is 0. The van der Waals surface area contributed by atoms with E-state index >= 15 is 0 Å². The van der Waals surface area contributed by atoms with Crippen LogP contribution in [0.5, 0.6) is 0 Å². The van der Waals surface area contributed by atoms with Crippen molar-refractivity contribution >= 4 is 5.78 Å². The summed E-state index contributed by atoms with van der Waals surface area (Å²) >= 11 is 0. The van der Waals surface area contributed by atoms with Gasteiger partial charge < -0.3 is 4.74 Å². The second kappa shape index (κ2) is 3.79. The first-order valence-corrected chi connectivity index (χ1v) is 5.44. The van der Waals surface area contributed by atoms with E-state index < -0.39 is 0 Å². The predicted octanol–water partition coefficient (Wildman–Crippen LogP) is 2.31. The third-order valence-electron chi connectivity index (χ3n) is 3.30. The zero-order valence-electron chi connectivity index (χ0n) is 8.29. The van der Waals surface area contributed by atoms with Crippen LogP contribution < -0.4 is 0 Å². The fourth-order valence-electron chi connectivity index (χ4n) is 2.51. The molecule has 0 amide bonds. The Balaban J connectivity index is 1.81. The summed E-state index contributed by atoms with van der Waals surface area (Å²) in [6.07, 6.45) is 7.13. The number of carbonyl (C=O) groups excluding carboxylic acids is 1. The number of ketones is 1. The molecule has 1 saturated carbocycles. The number of hydrogen-bond acceptors (Lipinski definition) is 2. The minimum Gasteiger partial charge on any atom is -0.375 e. The molecule has 2 nitrogen and oxygen atoms in total. The number of hydrogen-bond donors (Lipinski definition) is 0. The van der Waals surface area contributed by atoms with Crippen LogP contribution in [0, 0.1) is 5.92 Å². The number of ether oxygens (including phenoxy) is 1. The summed E-state index contributed by atoms with van der Waals surface area (Å²) in [4.78, 5) is 11.4. The van der Waals surface area contributed by atoms with Gasteiger partial charge in [-0.05, 0) is 39.0 Å². The third kappa shape index (κ3) is 2.11. The highest BCUT2D eigenvalue weighted by Crippen LogP contribution is 2.31. The second-order valence-corrected chi connectivity index (χ2v) is 4.44. The van der Waals surface area contributed by atoms with Crippen LogP contribution in [0.25, 0.3) is 0 Å². The Kier molecular flexibility index (Phi) is 2.68. The molecule has 0 aromatic heterocycles. The van der Waals surface area contributed by atoms with Gasteiger partial charge in [-0.25, -0.2) is 0 Å². The molecule has 0 radical (unpaired) electrons. The van der Waals surface area contributed by atoms with Crippen molar-refractivity contribution in [2.45, 2.75) is 57.7 Å². The zero-order valence-corrected chi connectivity index (χ0v) is 8.29. The number of Topliss-reactive ketones (excluding diaryl/α,β-unsaturated/α-hetero) is 1. The molecule has 2 rings (SSSR count). The molecular formula is C11H18O2. The fraction of sp³-hybridized carbons (Fsp3) is 0.909. The van der Waals surface area contributed by atoms with E-state index in [-0.39, 0.29) is 0 Å². The fourth-order valence-corrected chi connectivity index (χ4v) is 2.51. The maximum atomic E-state index is 11.4. The van der Waals surface area contributed by atoms with Crippen LogP contribution in [0.15, 0.2) is 0 Å². The second-order valence-electron chi connectivity index (χ2n) is 4.44. The van der Waals surface area contributed by atoms with Gasteiger partial charge in [0.2, 0.25) is 0 Å². The quantitative estimate of drug-likeness (QED) is 0.655. The van der Waals surface area contributed by atoms with Gasteiger partial charge in [-0.15, -0.1) is 0 Å². The van der Waals surface area contributed by atoms with Crippen molar-refractivity contribution in [2.24, 2.45) is 5.92 Å². The summed E-state index contributed by atoms with van der Waals surface area (Å²) < 4.78 is 5.72. The number of carbonyl (C=O) groups is 1.